The highest BCUT2D eigenvalue weighted by molar-refractivity contribution is 6.30. The van der Waals surface area contributed by atoms with Crippen LogP contribution in [-0.4, -0.2) is 23.9 Å². The molecule has 1 atom stereocenters. The molecule has 6 aromatic carbocycles. The van der Waals surface area contributed by atoms with E-state index in [0.29, 0.717) is 39.3 Å². The second-order valence-corrected chi connectivity index (χ2v) is 16.2. The average molecular weight is 864 g/mol. The maximum absolute atomic E-state index is 15.0. The molecule has 0 aliphatic heterocycles. The lowest BCUT2D eigenvalue weighted by Gasteiger charge is -2.38. The smallest absolute Gasteiger partial charge is 0.411 e. The molecule has 1 unspecified atom stereocenters. The molecule has 0 aliphatic carbocycles. The van der Waals surface area contributed by atoms with Crippen LogP contribution < -0.4 is 9.47 Å². The average Bonchev–Trinajstić information content (AvgIpc) is 3.21. The number of rotatable bonds is 13. The van der Waals surface area contributed by atoms with E-state index >= 15 is 0 Å². The molecule has 0 aromatic heterocycles. The summed E-state index contributed by atoms with van der Waals surface area (Å²) in [6.45, 7) is 7.19. The van der Waals surface area contributed by atoms with Crippen molar-refractivity contribution in [1.82, 2.24) is 0 Å². The lowest BCUT2D eigenvalue weighted by atomic mass is 9.73. The van der Waals surface area contributed by atoms with Crippen LogP contribution in [0.3, 0.4) is 0 Å². The first-order valence-electron chi connectivity index (χ1n) is 18.7. The minimum atomic E-state index is -5.82. The Morgan fingerprint density at radius 1 is 0.483 bits per heavy atom. The van der Waals surface area contributed by atoms with E-state index in [0.717, 1.165) is 54.1 Å². The minimum absolute atomic E-state index is 0.0172. The van der Waals surface area contributed by atoms with Crippen molar-refractivity contribution in [2.75, 3.05) is 0 Å². The van der Waals surface area contributed by atoms with Crippen molar-refractivity contribution in [2.45, 2.75) is 62.4 Å². The topological polar surface area (TPSA) is 52.6 Å². The fourth-order valence-electron chi connectivity index (χ4n) is 6.82. The van der Waals surface area contributed by atoms with Crippen LogP contribution in [0.5, 0.6) is 17.2 Å². The molecule has 6 aromatic rings. The molecule has 60 heavy (non-hydrogen) atoms. The van der Waals surface area contributed by atoms with Crippen LogP contribution in [0.25, 0.3) is 0 Å². The molecule has 12 heteroatoms. The number of hydrogen-bond donors (Lipinski definition) is 0. The number of carbonyl (C=O) groups is 2. The van der Waals surface area contributed by atoms with Crippen LogP contribution in [0, 0.1) is 0 Å². The van der Waals surface area contributed by atoms with Gasteiger partial charge in [0.05, 0.1) is 4.87 Å². The number of benzene rings is 6. The van der Waals surface area contributed by atoms with Crippen LogP contribution in [0.2, 0.25) is 5.02 Å². The molecule has 0 heterocycles. The molecule has 0 aliphatic rings. The van der Waals surface area contributed by atoms with Crippen LogP contribution >= 0.6 is 23.2 Å². The molecule has 4 nitrogen and oxygen atoms in total. The summed E-state index contributed by atoms with van der Waals surface area (Å²) in [6.07, 6.45) is -10.9. The zero-order chi connectivity index (χ0) is 43.7. The lowest BCUT2D eigenvalue weighted by molar-refractivity contribution is -0.288. The largest absolute Gasteiger partial charge is 0.483 e. The summed E-state index contributed by atoms with van der Waals surface area (Å²) in [5.41, 5.74) is -4.58. The summed E-state index contributed by atoms with van der Waals surface area (Å²) in [6, 6.07) is 33.0. The van der Waals surface area contributed by atoms with E-state index in [-0.39, 0.29) is 28.8 Å². The van der Waals surface area contributed by atoms with Crippen LogP contribution in [0.4, 0.5) is 26.3 Å². The zero-order valence-electron chi connectivity index (χ0n) is 32.7. The zero-order valence-corrected chi connectivity index (χ0v) is 34.2. The van der Waals surface area contributed by atoms with Gasteiger partial charge in [0, 0.05) is 27.3 Å². The third kappa shape index (κ3) is 8.95. The van der Waals surface area contributed by atoms with Gasteiger partial charge in [0.25, 0.3) is 0 Å². The molecular weight excluding hydrogens is 825 g/mol. The predicted octanol–water partition coefficient (Wildman–Crippen LogP) is 14.2. The maximum atomic E-state index is 15.0. The van der Waals surface area contributed by atoms with Gasteiger partial charge < -0.3 is 9.47 Å². The van der Waals surface area contributed by atoms with E-state index in [1.54, 1.807) is 86.6 Å². The Hall–Kier alpha value is -5.58. The van der Waals surface area contributed by atoms with E-state index in [9.17, 15) is 35.9 Å². The summed E-state index contributed by atoms with van der Waals surface area (Å²) in [5.74, 6) is -0.310. The van der Waals surface area contributed by atoms with Gasteiger partial charge in [-0.15, -0.1) is 11.6 Å². The molecule has 6 rings (SSSR count). The van der Waals surface area contributed by atoms with Gasteiger partial charge in [0.1, 0.15) is 22.8 Å². The number of ether oxygens (including phenoxy) is 2. The van der Waals surface area contributed by atoms with E-state index in [1.165, 1.54) is 24.3 Å². The highest BCUT2D eigenvalue weighted by Gasteiger charge is 2.72. The van der Waals surface area contributed by atoms with E-state index in [1.807, 2.05) is 13.8 Å². The summed E-state index contributed by atoms with van der Waals surface area (Å²) in [7, 11) is 0. The number of ketones is 2. The van der Waals surface area contributed by atoms with Crippen molar-refractivity contribution < 1.29 is 45.4 Å². The van der Waals surface area contributed by atoms with Crippen LogP contribution in [0.1, 0.15) is 88.2 Å². The quantitative estimate of drug-likeness (QED) is 0.0659. The van der Waals surface area contributed by atoms with E-state index < -0.39 is 39.4 Å². The van der Waals surface area contributed by atoms with Gasteiger partial charge in [-0.1, -0.05) is 91.3 Å². The first kappa shape index (κ1) is 44.0. The van der Waals surface area contributed by atoms with Crippen molar-refractivity contribution >= 4 is 34.8 Å². The second-order valence-electron chi connectivity index (χ2n) is 14.9. The Morgan fingerprint density at radius 2 is 0.800 bits per heavy atom. The first-order valence-corrected chi connectivity index (χ1v) is 19.5. The molecule has 0 bridgehead atoms. The first-order chi connectivity index (χ1) is 28.2. The summed E-state index contributed by atoms with van der Waals surface area (Å²) in [5, 5.41) is 0.484. The molecule has 0 radical (unpaired) electrons. The molecule has 0 N–H and O–H groups in total. The summed E-state index contributed by atoms with van der Waals surface area (Å²) < 4.78 is 102. The molecule has 0 amide bonds. The highest BCUT2D eigenvalue weighted by Crippen LogP contribution is 2.56. The molecule has 0 saturated carbocycles. The molecule has 0 saturated heterocycles. The number of carbonyl (C=O) groups excluding carboxylic acids is 2. The molecular formula is C48H38Cl2F6O4. The van der Waals surface area contributed by atoms with Crippen molar-refractivity contribution in [3.05, 3.63) is 195 Å². The highest BCUT2D eigenvalue weighted by atomic mass is 35.5. The fourth-order valence-corrected chi connectivity index (χ4v) is 7.07. The molecule has 0 fully saturated rings. The summed E-state index contributed by atoms with van der Waals surface area (Å²) in [4.78, 5) is 25.4. The predicted molar refractivity (Wildman–Crippen MR) is 221 cm³/mol. The van der Waals surface area contributed by atoms with Gasteiger partial charge in [0.15, 0.2) is 11.6 Å². The van der Waals surface area contributed by atoms with Crippen molar-refractivity contribution in [2.24, 2.45) is 0 Å². The molecule has 0 spiro atoms. The number of halogens is 8. The van der Waals surface area contributed by atoms with E-state index in [2.05, 4.69) is 0 Å². The number of hydrogen-bond acceptors (Lipinski definition) is 4. The fraction of sp³-hybridized carbons (Fsp3) is 0.208. The number of alkyl halides is 7. The SMILES string of the molecule is CCC(C)(Cl)c1ccc(C(=O)c2ccc(Oc3ccc(C(c4ccc(OC(C)(C)c5ccc(C(=O)c6ccc(Cl)cc6)cc5)cc4)(C(F)(F)F)C(F)(F)F)cc3)cc2)cc1. The van der Waals surface area contributed by atoms with Crippen molar-refractivity contribution in [1.29, 1.82) is 0 Å². The van der Waals surface area contributed by atoms with E-state index in [4.69, 9.17) is 32.7 Å². The van der Waals surface area contributed by atoms with Crippen molar-refractivity contribution in [3.63, 3.8) is 0 Å². The van der Waals surface area contributed by atoms with Crippen LogP contribution in [-0.2, 0) is 15.9 Å². The monoisotopic (exact) mass is 862 g/mol. The van der Waals surface area contributed by atoms with Gasteiger partial charge in [-0.2, -0.15) is 26.3 Å². The van der Waals surface area contributed by atoms with Crippen molar-refractivity contribution in [3.8, 4) is 17.2 Å². The molecule has 310 valence electrons. The van der Waals surface area contributed by atoms with Gasteiger partial charge >= 0.3 is 12.4 Å². The third-order valence-corrected chi connectivity index (χ3v) is 11.2. The van der Waals surface area contributed by atoms with Gasteiger partial charge in [0.2, 0.25) is 5.41 Å². The Morgan fingerprint density at radius 3 is 1.18 bits per heavy atom. The van der Waals surface area contributed by atoms with Gasteiger partial charge in [-0.25, -0.2) is 0 Å². The summed E-state index contributed by atoms with van der Waals surface area (Å²) >= 11 is 12.5. The van der Waals surface area contributed by atoms with Gasteiger partial charge in [-0.05, 0) is 122 Å². The third-order valence-electron chi connectivity index (χ3n) is 10.5. The van der Waals surface area contributed by atoms with Gasteiger partial charge in [-0.3, -0.25) is 9.59 Å². The lowest BCUT2D eigenvalue weighted by Crippen LogP contribution is -2.54. The maximum Gasteiger partial charge on any atom is 0.411 e. The normalized spacial score (nSPS) is 13.3. The Kier molecular flexibility index (Phi) is 12.3. The Bertz CT molecular complexity index is 2430. The Labute approximate surface area is 353 Å². The minimum Gasteiger partial charge on any atom is -0.483 e. The van der Waals surface area contributed by atoms with Crippen LogP contribution in [0.15, 0.2) is 146 Å². The standard InChI is InChI=1S/C48H38Cl2F6O4/c1-5-45(4,50)35-16-8-31(9-17-35)43(58)33-12-24-39(25-13-33)59-40-26-18-36(19-27-40)46(47(51,52)53,48(54,55)56)37-20-28-41(29-21-37)60-44(2,3)34-14-6-30(7-15-34)42(57)32-10-22-38(49)23-11-32/h6-29H,5H2,1-4H3. The second kappa shape index (κ2) is 16.8. The Balaban J connectivity index is 1.19.